The summed E-state index contributed by atoms with van der Waals surface area (Å²) in [5, 5.41) is 4.38. The van der Waals surface area contributed by atoms with E-state index in [1.165, 1.54) is 10.2 Å². The van der Waals surface area contributed by atoms with Crippen LogP contribution >= 0.6 is 0 Å². The lowest BCUT2D eigenvalue weighted by Gasteiger charge is -2.19. The summed E-state index contributed by atoms with van der Waals surface area (Å²) in [5.41, 5.74) is 10.6. The third-order valence-corrected chi connectivity index (χ3v) is 4.35. The molecule has 0 amide bonds. The summed E-state index contributed by atoms with van der Waals surface area (Å²) in [6.07, 6.45) is 0. The molecule has 0 atom stereocenters. The minimum atomic E-state index is -0.219. The zero-order valence-corrected chi connectivity index (χ0v) is 15.1. The molecule has 0 fully saturated rings. The number of nitrogen functional groups attached to an aromatic ring is 1. The van der Waals surface area contributed by atoms with Crippen molar-refractivity contribution in [3.05, 3.63) is 71.4 Å². The van der Waals surface area contributed by atoms with Gasteiger partial charge in [0.2, 0.25) is 0 Å². The zero-order valence-electron chi connectivity index (χ0n) is 15.1. The number of hydrogen-bond donors (Lipinski definition) is 1. The van der Waals surface area contributed by atoms with Crippen molar-refractivity contribution >= 4 is 11.7 Å². The Balaban J connectivity index is 1.99. The van der Waals surface area contributed by atoms with Gasteiger partial charge in [0.25, 0.3) is 5.91 Å². The molecule has 2 aromatic carbocycles. The second-order valence-corrected chi connectivity index (χ2v) is 7.26. The fourth-order valence-corrected chi connectivity index (χ4v) is 2.90. The molecular formula is C21H23N3O. The molecule has 0 aliphatic rings. The van der Waals surface area contributed by atoms with Crippen molar-refractivity contribution in [3.8, 4) is 11.1 Å². The van der Waals surface area contributed by atoms with E-state index in [1.807, 2.05) is 61.5 Å². The van der Waals surface area contributed by atoms with Gasteiger partial charge in [0.05, 0.1) is 5.69 Å². The number of carbonyl (C=O) groups excluding carboxylic acids is 1. The van der Waals surface area contributed by atoms with Crippen molar-refractivity contribution in [2.45, 2.75) is 33.1 Å². The Kier molecular flexibility index (Phi) is 4.21. The first-order valence-corrected chi connectivity index (χ1v) is 8.35. The summed E-state index contributed by atoms with van der Waals surface area (Å²) >= 11 is 0. The van der Waals surface area contributed by atoms with Gasteiger partial charge in [0.1, 0.15) is 5.82 Å². The quantitative estimate of drug-likeness (QED) is 0.755. The van der Waals surface area contributed by atoms with Crippen LogP contribution in [0.5, 0.6) is 0 Å². The van der Waals surface area contributed by atoms with E-state index >= 15 is 0 Å². The molecule has 3 aromatic rings. The van der Waals surface area contributed by atoms with Crippen LogP contribution in [-0.4, -0.2) is 15.7 Å². The molecule has 0 spiro atoms. The number of carbonyl (C=O) groups is 1. The largest absolute Gasteiger partial charge is 0.383 e. The van der Waals surface area contributed by atoms with Gasteiger partial charge in [-0.1, -0.05) is 63.2 Å². The predicted molar refractivity (Wildman–Crippen MR) is 102 cm³/mol. The van der Waals surface area contributed by atoms with Crippen LogP contribution in [-0.2, 0) is 5.41 Å². The van der Waals surface area contributed by atoms with Gasteiger partial charge < -0.3 is 5.73 Å². The smallest absolute Gasteiger partial charge is 0.280 e. The van der Waals surface area contributed by atoms with Gasteiger partial charge in [-0.2, -0.15) is 9.78 Å². The lowest BCUT2D eigenvalue weighted by atomic mass is 9.87. The number of nitrogens with zero attached hydrogens (tertiary/aromatic N) is 2. The van der Waals surface area contributed by atoms with E-state index < -0.39 is 0 Å². The van der Waals surface area contributed by atoms with Crippen molar-refractivity contribution in [2.75, 3.05) is 5.73 Å². The van der Waals surface area contributed by atoms with Crippen LogP contribution < -0.4 is 5.73 Å². The minimum Gasteiger partial charge on any atom is -0.383 e. The molecule has 3 rings (SSSR count). The first-order chi connectivity index (χ1) is 11.8. The van der Waals surface area contributed by atoms with E-state index in [2.05, 4.69) is 25.9 Å². The van der Waals surface area contributed by atoms with E-state index in [1.54, 1.807) is 0 Å². The monoisotopic (exact) mass is 333 g/mol. The number of nitrogens with two attached hydrogens (primary N) is 1. The molecule has 0 saturated carbocycles. The summed E-state index contributed by atoms with van der Waals surface area (Å²) in [4.78, 5) is 12.8. The zero-order chi connectivity index (χ0) is 18.2. The number of rotatable bonds is 2. The Labute approximate surface area is 148 Å². The van der Waals surface area contributed by atoms with Crippen LogP contribution in [0.1, 0.15) is 42.4 Å². The standard InChI is InChI=1S/C21H23N3O/c1-14-18(15-8-6-5-7-9-15)19(22)24(23-14)20(25)16-10-12-17(13-11-16)21(2,3)4/h5-13H,22H2,1-4H3. The Morgan fingerprint density at radius 2 is 1.60 bits per heavy atom. The van der Waals surface area contributed by atoms with E-state index in [0.29, 0.717) is 11.4 Å². The highest BCUT2D eigenvalue weighted by molar-refractivity contribution is 5.99. The Hall–Kier alpha value is -2.88. The second kappa shape index (κ2) is 6.20. The molecule has 1 heterocycles. The van der Waals surface area contributed by atoms with Gasteiger partial charge in [0, 0.05) is 11.1 Å². The lowest BCUT2D eigenvalue weighted by molar-refractivity contribution is 0.0947. The van der Waals surface area contributed by atoms with Crippen LogP contribution in [0.3, 0.4) is 0 Å². The Bertz CT molecular complexity index is 901. The minimum absolute atomic E-state index is 0.0450. The number of aryl methyl sites for hydroxylation is 1. The molecule has 4 nitrogen and oxygen atoms in total. The van der Waals surface area contributed by atoms with E-state index in [9.17, 15) is 4.79 Å². The summed E-state index contributed by atoms with van der Waals surface area (Å²) in [6.45, 7) is 8.30. The summed E-state index contributed by atoms with van der Waals surface area (Å²) in [6, 6.07) is 17.4. The third kappa shape index (κ3) is 3.20. The lowest BCUT2D eigenvalue weighted by Crippen LogP contribution is -2.17. The summed E-state index contributed by atoms with van der Waals surface area (Å²) < 4.78 is 1.30. The highest BCUT2D eigenvalue weighted by Crippen LogP contribution is 2.30. The third-order valence-electron chi connectivity index (χ3n) is 4.35. The maximum absolute atomic E-state index is 12.8. The normalized spacial score (nSPS) is 11.5. The molecule has 25 heavy (non-hydrogen) atoms. The van der Waals surface area contributed by atoms with Crippen LogP contribution in [0, 0.1) is 6.92 Å². The SMILES string of the molecule is Cc1nn(C(=O)c2ccc(C(C)(C)C)cc2)c(N)c1-c1ccccc1. The molecule has 0 saturated heterocycles. The second-order valence-electron chi connectivity index (χ2n) is 7.26. The van der Waals surface area contributed by atoms with Crippen molar-refractivity contribution in [3.63, 3.8) is 0 Å². The van der Waals surface area contributed by atoms with Crippen molar-refractivity contribution in [1.82, 2.24) is 9.78 Å². The van der Waals surface area contributed by atoms with E-state index in [0.717, 1.165) is 16.8 Å². The van der Waals surface area contributed by atoms with E-state index in [-0.39, 0.29) is 11.3 Å². The topological polar surface area (TPSA) is 60.9 Å². The average molecular weight is 333 g/mol. The molecule has 0 unspecified atom stereocenters. The molecule has 0 radical (unpaired) electrons. The summed E-state index contributed by atoms with van der Waals surface area (Å²) in [5.74, 6) is 0.150. The molecule has 4 heteroatoms. The molecular weight excluding hydrogens is 310 g/mol. The van der Waals surface area contributed by atoms with Crippen molar-refractivity contribution in [1.29, 1.82) is 0 Å². The molecule has 0 aliphatic carbocycles. The van der Waals surface area contributed by atoms with Crippen LogP contribution in [0.4, 0.5) is 5.82 Å². The van der Waals surface area contributed by atoms with Crippen molar-refractivity contribution < 1.29 is 4.79 Å². The van der Waals surface area contributed by atoms with Gasteiger partial charge in [-0.15, -0.1) is 0 Å². The average Bonchev–Trinajstić information content (AvgIpc) is 2.89. The van der Waals surface area contributed by atoms with Gasteiger partial charge in [0.15, 0.2) is 0 Å². The molecule has 0 aliphatic heterocycles. The predicted octanol–water partition coefficient (Wildman–Crippen LogP) is 4.43. The Morgan fingerprint density at radius 1 is 1.00 bits per heavy atom. The van der Waals surface area contributed by atoms with E-state index in [4.69, 9.17) is 5.73 Å². The number of benzene rings is 2. The van der Waals surface area contributed by atoms with Crippen LogP contribution in [0.25, 0.3) is 11.1 Å². The molecule has 1 aromatic heterocycles. The highest BCUT2D eigenvalue weighted by Gasteiger charge is 2.20. The first kappa shape index (κ1) is 17.0. The maximum atomic E-state index is 12.8. The van der Waals surface area contributed by atoms with Gasteiger partial charge in [-0.25, -0.2) is 0 Å². The Morgan fingerprint density at radius 3 is 2.16 bits per heavy atom. The van der Waals surface area contributed by atoms with Gasteiger partial charge in [-0.3, -0.25) is 4.79 Å². The van der Waals surface area contributed by atoms with Gasteiger partial charge in [-0.05, 0) is 35.6 Å². The van der Waals surface area contributed by atoms with Crippen LogP contribution in [0.15, 0.2) is 54.6 Å². The highest BCUT2D eigenvalue weighted by atomic mass is 16.2. The number of hydrogen-bond acceptors (Lipinski definition) is 3. The van der Waals surface area contributed by atoms with Crippen molar-refractivity contribution in [2.24, 2.45) is 0 Å². The fourth-order valence-electron chi connectivity index (χ4n) is 2.90. The number of aromatic nitrogens is 2. The molecule has 128 valence electrons. The fraction of sp³-hybridized carbons (Fsp3) is 0.238. The van der Waals surface area contributed by atoms with Gasteiger partial charge >= 0.3 is 0 Å². The summed E-state index contributed by atoms with van der Waals surface area (Å²) in [7, 11) is 0. The van der Waals surface area contributed by atoms with Crippen LogP contribution in [0.2, 0.25) is 0 Å². The first-order valence-electron chi connectivity index (χ1n) is 8.35. The molecule has 2 N–H and O–H groups in total. The molecule has 0 bridgehead atoms. The maximum Gasteiger partial charge on any atom is 0.280 e. The number of anilines is 1.